The van der Waals surface area contributed by atoms with Crippen molar-refractivity contribution in [3.8, 4) is 28.1 Å². The van der Waals surface area contributed by atoms with Gasteiger partial charge >= 0.3 is 12.2 Å². The summed E-state index contributed by atoms with van der Waals surface area (Å²) >= 11 is 0. The zero-order chi connectivity index (χ0) is 45.5. The highest BCUT2D eigenvalue weighted by Gasteiger charge is 2.43. The molecule has 2 aromatic heterocycles. The van der Waals surface area contributed by atoms with Gasteiger partial charge in [0.05, 0.1) is 61.9 Å². The molecule has 5 heterocycles. The highest BCUT2D eigenvalue weighted by molar-refractivity contribution is 6.07. The van der Waals surface area contributed by atoms with E-state index in [0.29, 0.717) is 37.6 Å². The molecule has 3 unspecified atom stereocenters. The van der Waals surface area contributed by atoms with E-state index >= 15 is 0 Å². The molecule has 0 spiro atoms. The first-order valence-corrected chi connectivity index (χ1v) is 22.2. The third kappa shape index (κ3) is 8.37. The quantitative estimate of drug-likeness (QED) is 0.0815. The van der Waals surface area contributed by atoms with E-state index in [1.807, 2.05) is 50.2 Å². The number of nitrogens with one attached hydrogen (secondary N) is 4. The molecule has 16 heteroatoms. The molecule has 7 atom stereocenters. The number of aliphatic hydroxyl groups is 1. The topological polar surface area (TPSA) is 196 Å². The highest BCUT2D eigenvalue weighted by Crippen LogP contribution is 2.44. The number of carbonyl (C=O) groups is 3. The predicted octanol–water partition coefficient (Wildman–Crippen LogP) is 7.52. The summed E-state index contributed by atoms with van der Waals surface area (Å²) in [5, 5.41) is 19.3. The van der Waals surface area contributed by atoms with Crippen molar-refractivity contribution in [1.82, 2.24) is 40.4 Å². The first-order valence-electron chi connectivity index (χ1n) is 22.2. The first kappa shape index (κ1) is 43.7. The second-order valence-electron chi connectivity index (χ2n) is 17.7. The van der Waals surface area contributed by atoms with E-state index in [1.165, 1.54) is 14.2 Å². The lowest BCUT2D eigenvalue weighted by atomic mass is 9.92. The molecule has 2 saturated heterocycles. The normalized spacial score (nSPS) is 20.8. The summed E-state index contributed by atoms with van der Waals surface area (Å²) in [6.07, 6.45) is 1.89. The summed E-state index contributed by atoms with van der Waals surface area (Å²) in [6.45, 7) is 7.31. The summed E-state index contributed by atoms with van der Waals surface area (Å²) in [6, 6.07) is 21.9. The van der Waals surface area contributed by atoms with E-state index in [2.05, 4.69) is 68.8 Å². The van der Waals surface area contributed by atoms with Gasteiger partial charge in [-0.2, -0.15) is 0 Å². The van der Waals surface area contributed by atoms with E-state index in [0.717, 1.165) is 74.2 Å². The maximum atomic E-state index is 14.3. The van der Waals surface area contributed by atoms with E-state index in [9.17, 15) is 19.5 Å². The summed E-state index contributed by atoms with van der Waals surface area (Å²) in [7, 11) is 4.25. The zero-order valence-electron chi connectivity index (χ0n) is 37.5. The Balaban J connectivity index is 0.973. The molecule has 340 valence electrons. The molecule has 0 saturated carbocycles. The van der Waals surface area contributed by atoms with Crippen LogP contribution >= 0.6 is 0 Å². The van der Waals surface area contributed by atoms with Crippen LogP contribution in [0.15, 0.2) is 79.0 Å². The van der Waals surface area contributed by atoms with E-state index in [4.69, 9.17) is 28.9 Å². The van der Waals surface area contributed by atoms with Crippen LogP contribution in [0.3, 0.4) is 0 Å². The number of hydrogen-bond donors (Lipinski definition) is 5. The number of benzene rings is 4. The number of hydrogen-bond acceptors (Lipinski definition) is 11. The molecule has 16 nitrogen and oxygen atoms in total. The summed E-state index contributed by atoms with van der Waals surface area (Å²) in [4.78, 5) is 59.9. The van der Waals surface area contributed by atoms with Crippen molar-refractivity contribution in [3.05, 3.63) is 102 Å². The molecular formula is C49H56N8O8. The molecule has 9 rings (SSSR count). The summed E-state index contributed by atoms with van der Waals surface area (Å²) in [5.41, 5.74) is 7.20. The minimum absolute atomic E-state index is 0.0426. The van der Waals surface area contributed by atoms with E-state index in [1.54, 1.807) is 18.2 Å². The van der Waals surface area contributed by atoms with Crippen LogP contribution in [0.25, 0.3) is 44.2 Å². The Morgan fingerprint density at radius 2 is 1.69 bits per heavy atom. The molecule has 0 radical (unpaired) electrons. The molecular weight excluding hydrogens is 829 g/mol. The lowest BCUT2D eigenvalue weighted by Gasteiger charge is -2.38. The second kappa shape index (κ2) is 18.2. The maximum absolute atomic E-state index is 14.3. The number of aromatic amines is 2. The molecule has 65 heavy (non-hydrogen) atoms. The van der Waals surface area contributed by atoms with Gasteiger partial charge in [-0.1, -0.05) is 62.4 Å². The van der Waals surface area contributed by atoms with Gasteiger partial charge in [0.1, 0.15) is 36.3 Å². The van der Waals surface area contributed by atoms with Gasteiger partial charge in [0, 0.05) is 36.6 Å². The number of H-pyrrole nitrogens is 2. The Hall–Kier alpha value is -6.49. The Morgan fingerprint density at radius 3 is 2.45 bits per heavy atom. The van der Waals surface area contributed by atoms with Crippen LogP contribution in [0, 0.1) is 11.8 Å². The third-order valence-electron chi connectivity index (χ3n) is 13.3. The van der Waals surface area contributed by atoms with Gasteiger partial charge < -0.3 is 49.6 Å². The minimum atomic E-state index is -0.948. The number of alkyl carbamates (subject to hydrolysis) is 2. The standard InChI is InChI=1S/C49H56N8O8/c1-26(2)41(54-48(60)63-5)47(59)57-27(3)12-17-38(57)45-51-36-16-14-30-20-35-33-15-13-31(19-32(33)25-65-40(35)21-34(30)43(36)53-45)37-22-50-44(52-37)39-18-28(24-62-4)23-56(39)46(58)42(55-49(61)64-6)29-10-8-7-9-11-29/h7-11,13-16,19-22,26-28,38-39,41-42,47,59H,12,17-18,23-25H2,1-6H3,(H,50,52)(H,51,53)(H,54,60)(H,55,61)/t27-,28?,38-,39-,41-,42?,47?/m0/s1. The Labute approximate surface area is 377 Å². The maximum Gasteiger partial charge on any atom is 0.407 e. The number of rotatable bonds is 12. The van der Waals surface area contributed by atoms with Crippen LogP contribution in [-0.4, -0.2) is 106 Å². The molecule has 3 aliphatic heterocycles. The van der Waals surface area contributed by atoms with Crippen molar-refractivity contribution in [2.75, 3.05) is 34.5 Å². The van der Waals surface area contributed by atoms with Crippen LogP contribution in [-0.2, 0) is 25.6 Å². The lowest BCUT2D eigenvalue weighted by molar-refractivity contribution is -0.134. The number of aliphatic hydroxyl groups excluding tert-OH is 1. The van der Waals surface area contributed by atoms with Gasteiger partial charge in [0.25, 0.3) is 5.91 Å². The van der Waals surface area contributed by atoms with Crippen molar-refractivity contribution in [2.24, 2.45) is 11.8 Å². The Kier molecular flexibility index (Phi) is 12.2. The number of amides is 3. The smallest absolute Gasteiger partial charge is 0.407 e. The molecule has 0 bridgehead atoms. The minimum Gasteiger partial charge on any atom is -0.488 e. The molecule has 4 aromatic carbocycles. The number of likely N-dealkylation sites (tertiary alicyclic amines) is 2. The number of ether oxygens (including phenoxy) is 4. The highest BCUT2D eigenvalue weighted by atomic mass is 16.5. The van der Waals surface area contributed by atoms with Crippen LogP contribution in [0.4, 0.5) is 9.59 Å². The fourth-order valence-electron chi connectivity index (χ4n) is 10.0. The molecule has 2 fully saturated rings. The monoisotopic (exact) mass is 884 g/mol. The van der Waals surface area contributed by atoms with Crippen molar-refractivity contribution >= 4 is 39.9 Å². The van der Waals surface area contributed by atoms with Crippen LogP contribution in [0.2, 0.25) is 0 Å². The number of aromatic nitrogens is 4. The average Bonchev–Trinajstić information content (AvgIpc) is 4.15. The fraction of sp³-hybridized carbons (Fsp3) is 0.408. The van der Waals surface area contributed by atoms with E-state index in [-0.39, 0.29) is 35.9 Å². The number of methoxy groups -OCH3 is 3. The van der Waals surface area contributed by atoms with Crippen molar-refractivity contribution in [3.63, 3.8) is 0 Å². The van der Waals surface area contributed by atoms with Gasteiger partial charge in [-0.25, -0.2) is 19.6 Å². The van der Waals surface area contributed by atoms with Gasteiger partial charge in [-0.05, 0) is 84.0 Å². The zero-order valence-corrected chi connectivity index (χ0v) is 37.5. The summed E-state index contributed by atoms with van der Waals surface area (Å²) < 4.78 is 21.7. The SMILES string of the molecule is COCC1C[C@@H](c2ncc(-c3ccc4c(c3)COc3cc5c(ccc6[nH]c([C@@H]7CC[C@H](C)N7C(O)[C@@H](NC(=O)OC)C(C)C)nc65)cc3-4)[nH]2)N(C(=O)C(NC(=O)OC)c2ccccc2)C1. The van der Waals surface area contributed by atoms with Crippen molar-refractivity contribution in [2.45, 2.75) is 83.1 Å². The number of imidazole rings is 2. The molecule has 0 aliphatic carbocycles. The Morgan fingerprint density at radius 1 is 0.908 bits per heavy atom. The summed E-state index contributed by atoms with van der Waals surface area (Å²) in [5.74, 6) is 1.96. The van der Waals surface area contributed by atoms with Crippen molar-refractivity contribution in [1.29, 1.82) is 0 Å². The Bertz CT molecular complexity index is 2720. The second-order valence-corrected chi connectivity index (χ2v) is 17.7. The van der Waals surface area contributed by atoms with Gasteiger partial charge in [0.15, 0.2) is 0 Å². The van der Waals surface area contributed by atoms with E-state index < -0.39 is 30.5 Å². The molecule has 3 amide bonds. The van der Waals surface area contributed by atoms with Crippen LogP contribution in [0.1, 0.15) is 80.9 Å². The molecule has 3 aliphatic rings. The first-order chi connectivity index (χ1) is 31.5. The van der Waals surface area contributed by atoms with Crippen LogP contribution < -0.4 is 15.4 Å². The number of carbonyl (C=O) groups excluding carboxylic acids is 3. The van der Waals surface area contributed by atoms with Crippen molar-refractivity contribution < 1.29 is 38.4 Å². The lowest BCUT2D eigenvalue weighted by Crippen LogP contribution is -2.55. The van der Waals surface area contributed by atoms with Crippen LogP contribution in [0.5, 0.6) is 5.75 Å². The predicted molar refractivity (Wildman–Crippen MR) is 244 cm³/mol. The van der Waals surface area contributed by atoms with Gasteiger partial charge in [-0.15, -0.1) is 0 Å². The van der Waals surface area contributed by atoms with Gasteiger partial charge in [-0.3, -0.25) is 9.69 Å². The molecule has 6 aromatic rings. The number of fused-ring (bicyclic) bond motifs is 6. The number of nitrogens with zero attached hydrogens (tertiary/aromatic N) is 4. The fourth-order valence-corrected chi connectivity index (χ4v) is 10.0. The molecule has 5 N–H and O–H groups in total. The average molecular weight is 885 g/mol. The largest absolute Gasteiger partial charge is 0.488 e. The van der Waals surface area contributed by atoms with Gasteiger partial charge in [0.2, 0.25) is 0 Å². The third-order valence-corrected chi connectivity index (χ3v) is 13.3.